The quantitative estimate of drug-likeness (QED) is 0.181. The lowest BCUT2D eigenvalue weighted by molar-refractivity contribution is 0.745. The van der Waals surface area contributed by atoms with E-state index in [0.717, 1.165) is 0 Å². The van der Waals surface area contributed by atoms with Crippen LogP contribution in [0.1, 0.15) is 11.5 Å². The third-order valence-electron chi connectivity index (χ3n) is 10.9. The van der Waals surface area contributed by atoms with Gasteiger partial charge in [0.15, 0.2) is 0 Å². The zero-order valence-corrected chi connectivity index (χ0v) is 28.6. The number of nitrogens with zero attached hydrogens (tertiary/aromatic N) is 2. The van der Waals surface area contributed by atoms with E-state index in [1.165, 1.54) is 86.9 Å². The number of para-hydroxylation sites is 1. The van der Waals surface area contributed by atoms with E-state index in [9.17, 15) is 0 Å². The molecule has 3 heterocycles. The van der Waals surface area contributed by atoms with Crippen molar-refractivity contribution in [3.63, 3.8) is 0 Å². The topological polar surface area (TPSA) is 8.17 Å². The van der Waals surface area contributed by atoms with Crippen LogP contribution in [0.25, 0.3) is 69.9 Å². The fraction of sp³-hybridized carbons (Fsp3) is 0.0417. The maximum atomic E-state index is 2.53. The second-order valence-electron chi connectivity index (χ2n) is 13.7. The lowest BCUT2D eigenvalue weighted by Gasteiger charge is -2.29. The van der Waals surface area contributed by atoms with Gasteiger partial charge in [0, 0.05) is 48.2 Å². The van der Waals surface area contributed by atoms with Crippen molar-refractivity contribution >= 4 is 64.7 Å². The molecule has 1 aliphatic carbocycles. The van der Waals surface area contributed by atoms with Gasteiger partial charge in [0.25, 0.3) is 0 Å². The van der Waals surface area contributed by atoms with Crippen molar-refractivity contribution in [2.24, 2.45) is 0 Å². The number of hydrogen-bond donors (Lipinski definition) is 0. The second kappa shape index (κ2) is 11.2. The summed E-state index contributed by atoms with van der Waals surface area (Å²) in [6.45, 7) is 0. The minimum atomic E-state index is 0.239. The Morgan fingerprint density at radius 2 is 1.16 bits per heavy atom. The van der Waals surface area contributed by atoms with Crippen molar-refractivity contribution in [1.82, 2.24) is 4.57 Å². The zero-order valence-electron chi connectivity index (χ0n) is 27.8. The highest BCUT2D eigenvalue weighted by Gasteiger charge is 2.37. The van der Waals surface area contributed by atoms with Crippen molar-refractivity contribution in [2.45, 2.75) is 12.0 Å². The molecule has 0 amide bonds. The molecule has 7 aromatic carbocycles. The third kappa shape index (κ3) is 4.35. The molecule has 0 bridgehead atoms. The molecule has 2 nitrogen and oxygen atoms in total. The summed E-state index contributed by atoms with van der Waals surface area (Å²) in [5.41, 5.74) is 12.5. The van der Waals surface area contributed by atoms with Gasteiger partial charge in [-0.1, -0.05) is 121 Å². The SMILES string of the molecule is C1=CC2c3cc(-c4ccc5c(c4)c4ccccc4n5-c4cccc5sc6ccccc6c45)ccc3N(c3cccc(-c4ccccc4)c3)C2C=C1. The van der Waals surface area contributed by atoms with Gasteiger partial charge < -0.3 is 9.47 Å². The molecular weight excluding hydrogens is 637 g/mol. The maximum absolute atomic E-state index is 2.53. The van der Waals surface area contributed by atoms with Gasteiger partial charge in [0.1, 0.15) is 0 Å². The maximum Gasteiger partial charge on any atom is 0.0629 e. The van der Waals surface area contributed by atoms with E-state index in [-0.39, 0.29) is 12.0 Å². The van der Waals surface area contributed by atoms with Gasteiger partial charge in [-0.15, -0.1) is 11.3 Å². The summed E-state index contributed by atoms with van der Waals surface area (Å²) < 4.78 is 5.12. The van der Waals surface area contributed by atoms with Crippen molar-refractivity contribution in [3.8, 4) is 27.9 Å². The first-order chi connectivity index (χ1) is 25.3. The molecule has 2 atom stereocenters. The van der Waals surface area contributed by atoms with Crippen LogP contribution in [0.2, 0.25) is 0 Å². The van der Waals surface area contributed by atoms with E-state index in [0.29, 0.717) is 0 Å². The monoisotopic (exact) mass is 668 g/mol. The highest BCUT2D eigenvalue weighted by atomic mass is 32.1. The average Bonchev–Trinajstić information content (AvgIpc) is 3.85. The van der Waals surface area contributed by atoms with Gasteiger partial charge in [-0.3, -0.25) is 0 Å². The van der Waals surface area contributed by atoms with E-state index >= 15 is 0 Å². The number of hydrogen-bond acceptors (Lipinski definition) is 2. The fourth-order valence-electron chi connectivity index (χ4n) is 8.64. The summed E-state index contributed by atoms with van der Waals surface area (Å²) in [4.78, 5) is 2.53. The predicted octanol–water partition coefficient (Wildman–Crippen LogP) is 13.2. The highest BCUT2D eigenvalue weighted by Crippen LogP contribution is 2.50. The van der Waals surface area contributed by atoms with Crippen LogP contribution < -0.4 is 4.90 Å². The molecule has 240 valence electrons. The second-order valence-corrected chi connectivity index (χ2v) is 14.8. The summed E-state index contributed by atoms with van der Waals surface area (Å²) in [6, 6.07) is 58.5. The molecule has 9 aromatic rings. The van der Waals surface area contributed by atoms with Crippen molar-refractivity contribution in [2.75, 3.05) is 4.90 Å². The number of thiophene rings is 1. The fourth-order valence-corrected chi connectivity index (χ4v) is 9.77. The first-order valence-electron chi connectivity index (χ1n) is 17.7. The highest BCUT2D eigenvalue weighted by molar-refractivity contribution is 7.25. The predicted molar refractivity (Wildman–Crippen MR) is 218 cm³/mol. The molecule has 11 rings (SSSR count). The van der Waals surface area contributed by atoms with Crippen LogP contribution in [0.3, 0.4) is 0 Å². The van der Waals surface area contributed by atoms with Crippen LogP contribution in [-0.4, -0.2) is 10.6 Å². The van der Waals surface area contributed by atoms with Crippen LogP contribution in [-0.2, 0) is 0 Å². The minimum absolute atomic E-state index is 0.239. The molecular formula is C48H32N2S. The van der Waals surface area contributed by atoms with Gasteiger partial charge in [0.2, 0.25) is 0 Å². The van der Waals surface area contributed by atoms with Crippen molar-refractivity contribution < 1.29 is 0 Å². The Labute approximate surface area is 300 Å². The lowest BCUT2D eigenvalue weighted by Crippen LogP contribution is -2.28. The van der Waals surface area contributed by atoms with Crippen LogP contribution in [0.4, 0.5) is 11.4 Å². The van der Waals surface area contributed by atoms with Crippen molar-refractivity contribution in [3.05, 3.63) is 188 Å². The average molecular weight is 669 g/mol. The lowest BCUT2D eigenvalue weighted by atomic mass is 9.89. The molecule has 0 N–H and O–H groups in total. The van der Waals surface area contributed by atoms with E-state index < -0.39 is 0 Å². The van der Waals surface area contributed by atoms with Crippen LogP contribution >= 0.6 is 11.3 Å². The number of benzene rings is 7. The van der Waals surface area contributed by atoms with Gasteiger partial charge in [0.05, 0.1) is 22.8 Å². The molecule has 3 heteroatoms. The molecule has 0 saturated heterocycles. The van der Waals surface area contributed by atoms with Crippen molar-refractivity contribution in [1.29, 1.82) is 0 Å². The minimum Gasteiger partial charge on any atom is -0.333 e. The molecule has 1 aliphatic heterocycles. The van der Waals surface area contributed by atoms with Gasteiger partial charge in [-0.05, 0) is 88.5 Å². The molecule has 2 unspecified atom stereocenters. The summed E-state index contributed by atoms with van der Waals surface area (Å²) in [7, 11) is 0. The number of aromatic nitrogens is 1. The number of fused-ring (bicyclic) bond motifs is 9. The first kappa shape index (κ1) is 28.7. The standard InChI is InChI=1S/C48H32N2S/c1-2-12-31(13-3-1)32-14-10-15-35(28-32)49-41-19-7-4-16-36(41)39-29-33(24-26-43(39)49)34-25-27-44-40(30-34)37-17-5-8-20-42(37)50(44)45-21-11-23-47-48(45)38-18-6-9-22-46(38)51-47/h1-30,36,41H. The van der Waals surface area contributed by atoms with E-state index in [4.69, 9.17) is 0 Å². The van der Waals surface area contributed by atoms with Gasteiger partial charge in [-0.25, -0.2) is 0 Å². The summed E-state index contributed by atoms with van der Waals surface area (Å²) >= 11 is 1.87. The number of anilines is 2. The Morgan fingerprint density at radius 1 is 0.451 bits per heavy atom. The third-order valence-corrected chi connectivity index (χ3v) is 12.0. The molecule has 2 aromatic heterocycles. The number of rotatable bonds is 4. The summed E-state index contributed by atoms with van der Waals surface area (Å²) in [5, 5.41) is 5.20. The summed E-state index contributed by atoms with van der Waals surface area (Å²) in [6.07, 6.45) is 9.14. The molecule has 0 spiro atoms. The number of allylic oxidation sites excluding steroid dienone is 2. The molecule has 0 radical (unpaired) electrons. The Morgan fingerprint density at radius 3 is 2.10 bits per heavy atom. The Hall–Kier alpha value is -6.16. The Bertz CT molecular complexity index is 2890. The molecule has 0 fully saturated rings. The molecule has 0 saturated carbocycles. The molecule has 51 heavy (non-hydrogen) atoms. The Balaban J connectivity index is 1.05. The van der Waals surface area contributed by atoms with Crippen LogP contribution in [0, 0.1) is 0 Å². The normalized spacial score (nSPS) is 16.4. The van der Waals surface area contributed by atoms with E-state index in [2.05, 4.69) is 191 Å². The van der Waals surface area contributed by atoms with Gasteiger partial charge in [-0.2, -0.15) is 0 Å². The smallest absolute Gasteiger partial charge is 0.0629 e. The van der Waals surface area contributed by atoms with Crippen LogP contribution in [0.5, 0.6) is 0 Å². The van der Waals surface area contributed by atoms with E-state index in [1.807, 2.05) is 11.3 Å². The molecule has 2 aliphatic rings. The van der Waals surface area contributed by atoms with E-state index in [1.54, 1.807) is 0 Å². The van der Waals surface area contributed by atoms with Gasteiger partial charge >= 0.3 is 0 Å². The Kier molecular flexibility index (Phi) is 6.28. The first-order valence-corrected chi connectivity index (χ1v) is 18.5. The summed E-state index contributed by atoms with van der Waals surface area (Å²) in [5.74, 6) is 0.289. The zero-order chi connectivity index (χ0) is 33.5. The van der Waals surface area contributed by atoms with Crippen LogP contribution in [0.15, 0.2) is 182 Å². The largest absolute Gasteiger partial charge is 0.333 e.